The lowest BCUT2D eigenvalue weighted by Gasteiger charge is -2.10. The monoisotopic (exact) mass is 296 g/mol. The van der Waals surface area contributed by atoms with Crippen molar-refractivity contribution < 1.29 is 19.7 Å². The summed E-state index contributed by atoms with van der Waals surface area (Å²) in [5, 5.41) is 29.3. The Balaban J connectivity index is 2.45. The molecule has 0 bridgehead atoms. The lowest BCUT2D eigenvalue weighted by atomic mass is 10.1. The molecule has 0 amide bonds. The van der Waals surface area contributed by atoms with Gasteiger partial charge in [-0.1, -0.05) is 36.9 Å². The SMILES string of the molecule is C=C(O)c1c(O)cc(O)c2c(=O)cc(-c3ccccc3)oc12. The number of hydrogen-bond acceptors (Lipinski definition) is 5. The van der Waals surface area contributed by atoms with Gasteiger partial charge < -0.3 is 19.7 Å². The largest absolute Gasteiger partial charge is 0.508 e. The molecule has 3 aromatic rings. The van der Waals surface area contributed by atoms with Gasteiger partial charge in [0.1, 0.15) is 34.0 Å². The Morgan fingerprint density at radius 2 is 1.73 bits per heavy atom. The highest BCUT2D eigenvalue weighted by molar-refractivity contribution is 5.94. The zero-order valence-corrected chi connectivity index (χ0v) is 11.4. The summed E-state index contributed by atoms with van der Waals surface area (Å²) in [7, 11) is 0. The predicted molar refractivity (Wildman–Crippen MR) is 82.9 cm³/mol. The summed E-state index contributed by atoms with van der Waals surface area (Å²) in [6, 6.07) is 11.1. The number of phenolic OH excluding ortho intramolecular Hbond substituents is 2. The molecule has 2 aromatic carbocycles. The lowest BCUT2D eigenvalue weighted by molar-refractivity contribution is 0.444. The van der Waals surface area contributed by atoms with E-state index in [-0.39, 0.29) is 22.3 Å². The molecule has 1 aromatic heterocycles. The van der Waals surface area contributed by atoms with Gasteiger partial charge in [0.2, 0.25) is 0 Å². The van der Waals surface area contributed by atoms with E-state index >= 15 is 0 Å². The molecule has 0 fully saturated rings. The Hall–Kier alpha value is -3.21. The molecule has 0 spiro atoms. The highest BCUT2D eigenvalue weighted by Crippen LogP contribution is 2.37. The molecule has 5 heteroatoms. The standard InChI is InChI=1S/C17H12O5/c1-9(18)15-11(19)7-12(20)16-13(21)8-14(22-17(15)16)10-5-3-2-4-6-10/h2-8,18-20H,1H2. The predicted octanol–water partition coefficient (Wildman–Crippen LogP) is 3.40. The third kappa shape index (κ3) is 2.09. The Morgan fingerprint density at radius 1 is 1.05 bits per heavy atom. The van der Waals surface area contributed by atoms with Crippen LogP contribution >= 0.6 is 0 Å². The van der Waals surface area contributed by atoms with Gasteiger partial charge in [0.15, 0.2) is 11.0 Å². The first-order valence-electron chi connectivity index (χ1n) is 6.45. The fraction of sp³-hybridized carbons (Fsp3) is 0. The zero-order valence-electron chi connectivity index (χ0n) is 11.4. The molecule has 0 aliphatic heterocycles. The molecule has 1 heterocycles. The van der Waals surface area contributed by atoms with Crippen LogP contribution in [0.25, 0.3) is 28.1 Å². The fourth-order valence-corrected chi connectivity index (χ4v) is 2.33. The number of hydrogen-bond donors (Lipinski definition) is 3. The summed E-state index contributed by atoms with van der Waals surface area (Å²) in [6.45, 7) is 3.35. The van der Waals surface area contributed by atoms with Crippen LogP contribution in [0.3, 0.4) is 0 Å². The first-order valence-corrected chi connectivity index (χ1v) is 6.45. The van der Waals surface area contributed by atoms with Crippen molar-refractivity contribution in [1.82, 2.24) is 0 Å². The summed E-state index contributed by atoms with van der Waals surface area (Å²) in [6.07, 6.45) is 0. The normalized spacial score (nSPS) is 10.7. The molecular formula is C17H12O5. The average Bonchev–Trinajstić information content (AvgIpc) is 2.46. The number of aromatic hydroxyl groups is 2. The van der Waals surface area contributed by atoms with Crippen LogP contribution in [0.4, 0.5) is 0 Å². The Labute approximate surface area is 125 Å². The van der Waals surface area contributed by atoms with Crippen LogP contribution in [0, 0.1) is 0 Å². The van der Waals surface area contributed by atoms with Gasteiger partial charge in [0.05, 0.1) is 0 Å². The molecule has 0 saturated carbocycles. The second kappa shape index (κ2) is 4.96. The summed E-state index contributed by atoms with van der Waals surface area (Å²) >= 11 is 0. The molecule has 0 radical (unpaired) electrons. The number of rotatable bonds is 2. The fourth-order valence-electron chi connectivity index (χ4n) is 2.33. The van der Waals surface area contributed by atoms with Gasteiger partial charge in [-0.2, -0.15) is 0 Å². The summed E-state index contributed by atoms with van der Waals surface area (Å²) in [4.78, 5) is 12.3. The van der Waals surface area contributed by atoms with E-state index in [0.717, 1.165) is 6.07 Å². The third-order valence-corrected chi connectivity index (χ3v) is 3.31. The molecule has 3 rings (SSSR count). The average molecular weight is 296 g/mol. The molecule has 22 heavy (non-hydrogen) atoms. The Kier molecular flexibility index (Phi) is 3.10. The van der Waals surface area contributed by atoms with Crippen molar-refractivity contribution in [1.29, 1.82) is 0 Å². The second-order valence-corrected chi connectivity index (χ2v) is 4.78. The minimum atomic E-state index is -0.486. The first-order chi connectivity index (χ1) is 10.5. The van der Waals surface area contributed by atoms with E-state index in [1.165, 1.54) is 6.07 Å². The molecule has 0 aliphatic carbocycles. The van der Waals surface area contributed by atoms with E-state index in [9.17, 15) is 20.1 Å². The first kappa shape index (κ1) is 13.8. The van der Waals surface area contributed by atoms with Gasteiger partial charge in [-0.3, -0.25) is 4.79 Å². The molecule has 110 valence electrons. The van der Waals surface area contributed by atoms with Gasteiger partial charge in [-0.15, -0.1) is 0 Å². The molecule has 0 unspecified atom stereocenters. The van der Waals surface area contributed by atoms with E-state index in [1.807, 2.05) is 6.07 Å². The maximum atomic E-state index is 12.3. The van der Waals surface area contributed by atoms with Crippen LogP contribution in [0.1, 0.15) is 5.56 Å². The van der Waals surface area contributed by atoms with Crippen molar-refractivity contribution in [2.45, 2.75) is 0 Å². The minimum Gasteiger partial charge on any atom is -0.508 e. The van der Waals surface area contributed by atoms with Crippen LogP contribution in [0.5, 0.6) is 11.5 Å². The van der Waals surface area contributed by atoms with E-state index < -0.39 is 22.7 Å². The maximum Gasteiger partial charge on any atom is 0.197 e. The van der Waals surface area contributed by atoms with Gasteiger partial charge >= 0.3 is 0 Å². The third-order valence-electron chi connectivity index (χ3n) is 3.31. The van der Waals surface area contributed by atoms with E-state index in [4.69, 9.17) is 4.42 Å². The van der Waals surface area contributed by atoms with Crippen molar-refractivity contribution in [2.24, 2.45) is 0 Å². The van der Waals surface area contributed by atoms with Crippen molar-refractivity contribution in [2.75, 3.05) is 0 Å². The Bertz CT molecular complexity index is 939. The lowest BCUT2D eigenvalue weighted by Crippen LogP contribution is -2.02. The van der Waals surface area contributed by atoms with Crippen molar-refractivity contribution in [3.8, 4) is 22.8 Å². The molecular weight excluding hydrogens is 284 g/mol. The number of phenols is 2. The quantitative estimate of drug-likeness (QED) is 0.630. The smallest absolute Gasteiger partial charge is 0.197 e. The number of benzene rings is 2. The number of aliphatic hydroxyl groups excluding tert-OH is 1. The van der Waals surface area contributed by atoms with E-state index in [1.54, 1.807) is 24.3 Å². The molecule has 0 saturated heterocycles. The van der Waals surface area contributed by atoms with Crippen LogP contribution in [-0.4, -0.2) is 15.3 Å². The summed E-state index contributed by atoms with van der Waals surface area (Å²) < 4.78 is 5.64. The minimum absolute atomic E-state index is 0.114. The van der Waals surface area contributed by atoms with Crippen molar-refractivity contribution in [3.05, 3.63) is 64.8 Å². The number of fused-ring (bicyclic) bond motifs is 1. The van der Waals surface area contributed by atoms with E-state index in [2.05, 4.69) is 6.58 Å². The zero-order chi connectivity index (χ0) is 15.9. The van der Waals surface area contributed by atoms with Crippen LogP contribution in [0.15, 0.2) is 58.3 Å². The van der Waals surface area contributed by atoms with Crippen LogP contribution in [0.2, 0.25) is 0 Å². The maximum absolute atomic E-state index is 12.3. The summed E-state index contributed by atoms with van der Waals surface area (Å²) in [5.41, 5.74) is -0.0713. The van der Waals surface area contributed by atoms with Crippen molar-refractivity contribution >= 4 is 16.7 Å². The number of aliphatic hydroxyl groups is 1. The van der Waals surface area contributed by atoms with Crippen LogP contribution < -0.4 is 5.43 Å². The highest BCUT2D eigenvalue weighted by atomic mass is 16.3. The van der Waals surface area contributed by atoms with Gasteiger partial charge in [-0.25, -0.2) is 0 Å². The molecule has 3 N–H and O–H groups in total. The molecule has 0 atom stereocenters. The van der Waals surface area contributed by atoms with Crippen molar-refractivity contribution in [3.63, 3.8) is 0 Å². The molecule has 5 nitrogen and oxygen atoms in total. The van der Waals surface area contributed by atoms with Gasteiger partial charge in [0.25, 0.3) is 0 Å². The second-order valence-electron chi connectivity index (χ2n) is 4.78. The molecule has 0 aliphatic rings. The van der Waals surface area contributed by atoms with Gasteiger partial charge in [-0.05, 0) is 0 Å². The van der Waals surface area contributed by atoms with Gasteiger partial charge in [0, 0.05) is 17.7 Å². The van der Waals surface area contributed by atoms with Crippen LogP contribution in [-0.2, 0) is 0 Å². The highest BCUT2D eigenvalue weighted by Gasteiger charge is 2.19. The topological polar surface area (TPSA) is 90.9 Å². The van der Waals surface area contributed by atoms with E-state index in [0.29, 0.717) is 5.56 Å². The Morgan fingerprint density at radius 3 is 2.36 bits per heavy atom. The summed E-state index contributed by atoms with van der Waals surface area (Å²) in [5.74, 6) is -1.06.